The topological polar surface area (TPSA) is 58.6 Å². The van der Waals surface area contributed by atoms with Gasteiger partial charge in [-0.15, -0.1) is 0 Å². The van der Waals surface area contributed by atoms with E-state index in [9.17, 15) is 9.59 Å². The molecule has 0 aromatic heterocycles. The van der Waals surface area contributed by atoms with E-state index in [1.807, 2.05) is 63.2 Å². The molecule has 0 aliphatic rings. The van der Waals surface area contributed by atoms with E-state index in [4.69, 9.17) is 4.74 Å². The molecule has 0 spiro atoms. The Hall–Kier alpha value is -2.82. The van der Waals surface area contributed by atoms with Crippen molar-refractivity contribution in [3.63, 3.8) is 0 Å². The third-order valence-corrected chi connectivity index (χ3v) is 4.41. The Balaban J connectivity index is 2.15. The van der Waals surface area contributed by atoms with Crippen LogP contribution in [0.2, 0.25) is 0 Å². The van der Waals surface area contributed by atoms with Crippen LogP contribution in [-0.2, 0) is 16.1 Å². The first kappa shape index (κ1) is 20.5. The van der Waals surface area contributed by atoms with Crippen LogP contribution in [0.15, 0.2) is 42.5 Å². The van der Waals surface area contributed by atoms with Crippen LogP contribution >= 0.6 is 0 Å². The molecule has 0 saturated heterocycles. The second-order valence-corrected chi connectivity index (χ2v) is 6.91. The molecule has 2 aromatic rings. The summed E-state index contributed by atoms with van der Waals surface area (Å²) in [5, 5.41) is 2.61. The average Bonchev–Trinajstić information content (AvgIpc) is 2.62. The summed E-state index contributed by atoms with van der Waals surface area (Å²) in [7, 11) is 1.57. The summed E-state index contributed by atoms with van der Waals surface area (Å²) >= 11 is 0. The molecule has 0 aliphatic heterocycles. The SMILES string of the molecule is CNC(=O)[C@@H](C)N(Cc1cccc(C)c1)C(=O)COc1cc(C)cc(C)c1. The van der Waals surface area contributed by atoms with Gasteiger partial charge in [-0.25, -0.2) is 0 Å². The average molecular weight is 368 g/mol. The van der Waals surface area contributed by atoms with E-state index < -0.39 is 6.04 Å². The van der Waals surface area contributed by atoms with Crippen molar-refractivity contribution >= 4 is 11.8 Å². The van der Waals surface area contributed by atoms with Crippen molar-refractivity contribution < 1.29 is 14.3 Å². The summed E-state index contributed by atoms with van der Waals surface area (Å²) in [6.45, 7) is 7.93. The van der Waals surface area contributed by atoms with Gasteiger partial charge >= 0.3 is 0 Å². The molecule has 5 nitrogen and oxygen atoms in total. The molecule has 0 heterocycles. The Bertz CT molecular complexity index is 797. The Morgan fingerprint density at radius 1 is 1.04 bits per heavy atom. The number of likely N-dealkylation sites (N-methyl/N-ethyl adjacent to an activating group) is 1. The van der Waals surface area contributed by atoms with Gasteiger partial charge in [0.25, 0.3) is 5.91 Å². The highest BCUT2D eigenvalue weighted by Crippen LogP contribution is 2.17. The van der Waals surface area contributed by atoms with Crippen LogP contribution in [0.3, 0.4) is 0 Å². The van der Waals surface area contributed by atoms with Gasteiger partial charge in [0.15, 0.2) is 6.61 Å². The van der Waals surface area contributed by atoms with Crippen molar-refractivity contribution in [2.24, 2.45) is 0 Å². The fourth-order valence-electron chi connectivity index (χ4n) is 3.04. The van der Waals surface area contributed by atoms with Crippen molar-refractivity contribution in [3.05, 3.63) is 64.7 Å². The van der Waals surface area contributed by atoms with Crippen molar-refractivity contribution in [1.29, 1.82) is 0 Å². The summed E-state index contributed by atoms with van der Waals surface area (Å²) in [6.07, 6.45) is 0. The molecule has 1 atom stereocenters. The molecular formula is C22H28N2O3. The number of ether oxygens (including phenoxy) is 1. The van der Waals surface area contributed by atoms with Crippen LogP contribution in [0, 0.1) is 20.8 Å². The van der Waals surface area contributed by atoms with Crippen LogP contribution < -0.4 is 10.1 Å². The number of aryl methyl sites for hydroxylation is 3. The quantitative estimate of drug-likeness (QED) is 0.817. The molecule has 1 N–H and O–H groups in total. The van der Waals surface area contributed by atoms with Crippen molar-refractivity contribution in [2.75, 3.05) is 13.7 Å². The lowest BCUT2D eigenvalue weighted by Gasteiger charge is -2.28. The highest BCUT2D eigenvalue weighted by molar-refractivity contribution is 5.87. The summed E-state index contributed by atoms with van der Waals surface area (Å²) < 4.78 is 5.71. The Morgan fingerprint density at radius 3 is 2.30 bits per heavy atom. The molecule has 0 saturated carbocycles. The highest BCUT2D eigenvalue weighted by atomic mass is 16.5. The molecule has 144 valence electrons. The molecule has 2 rings (SSSR count). The molecule has 5 heteroatoms. The zero-order valence-electron chi connectivity index (χ0n) is 16.7. The first-order valence-corrected chi connectivity index (χ1v) is 9.08. The predicted molar refractivity (Wildman–Crippen MR) is 107 cm³/mol. The number of hydrogen-bond donors (Lipinski definition) is 1. The number of hydrogen-bond acceptors (Lipinski definition) is 3. The number of nitrogens with zero attached hydrogens (tertiary/aromatic N) is 1. The van der Waals surface area contributed by atoms with Gasteiger partial charge in [-0.3, -0.25) is 9.59 Å². The number of rotatable bonds is 7. The van der Waals surface area contributed by atoms with Crippen LogP contribution in [0.25, 0.3) is 0 Å². The van der Waals surface area contributed by atoms with Crippen LogP contribution in [0.5, 0.6) is 5.75 Å². The van der Waals surface area contributed by atoms with E-state index in [1.165, 1.54) is 0 Å². The maximum atomic E-state index is 12.9. The lowest BCUT2D eigenvalue weighted by atomic mass is 10.1. The van der Waals surface area contributed by atoms with E-state index in [0.717, 1.165) is 22.3 Å². The molecule has 2 aromatic carbocycles. The summed E-state index contributed by atoms with van der Waals surface area (Å²) in [4.78, 5) is 26.5. The second-order valence-electron chi connectivity index (χ2n) is 6.91. The maximum absolute atomic E-state index is 12.9. The minimum Gasteiger partial charge on any atom is -0.484 e. The van der Waals surface area contributed by atoms with Gasteiger partial charge in [-0.2, -0.15) is 0 Å². The van der Waals surface area contributed by atoms with Gasteiger partial charge in [0.1, 0.15) is 11.8 Å². The Labute approximate surface area is 161 Å². The fourth-order valence-corrected chi connectivity index (χ4v) is 3.04. The predicted octanol–water partition coefficient (Wildman–Crippen LogP) is 3.15. The smallest absolute Gasteiger partial charge is 0.261 e. The van der Waals surface area contributed by atoms with Crippen molar-refractivity contribution in [2.45, 2.75) is 40.3 Å². The third kappa shape index (κ3) is 5.84. The molecule has 0 bridgehead atoms. The largest absolute Gasteiger partial charge is 0.484 e. The van der Waals surface area contributed by atoms with E-state index in [-0.39, 0.29) is 18.4 Å². The summed E-state index contributed by atoms with van der Waals surface area (Å²) in [6, 6.07) is 13.2. The molecule has 0 fully saturated rings. The number of carbonyl (C=O) groups excluding carboxylic acids is 2. The van der Waals surface area contributed by atoms with E-state index in [0.29, 0.717) is 12.3 Å². The fraction of sp³-hybridized carbons (Fsp3) is 0.364. The minimum absolute atomic E-state index is 0.115. The van der Waals surface area contributed by atoms with E-state index >= 15 is 0 Å². The molecule has 27 heavy (non-hydrogen) atoms. The Morgan fingerprint density at radius 2 is 1.70 bits per heavy atom. The van der Waals surface area contributed by atoms with Gasteiger partial charge in [-0.05, 0) is 56.5 Å². The third-order valence-electron chi connectivity index (χ3n) is 4.41. The molecular weight excluding hydrogens is 340 g/mol. The number of amides is 2. The first-order valence-electron chi connectivity index (χ1n) is 9.08. The number of benzene rings is 2. The minimum atomic E-state index is -0.592. The van der Waals surface area contributed by atoms with Crippen LogP contribution in [0.4, 0.5) is 0 Å². The van der Waals surface area contributed by atoms with E-state index in [2.05, 4.69) is 5.32 Å². The first-order chi connectivity index (χ1) is 12.8. The molecule has 0 aliphatic carbocycles. The normalized spacial score (nSPS) is 11.6. The van der Waals surface area contributed by atoms with Crippen LogP contribution in [-0.4, -0.2) is 36.4 Å². The number of carbonyl (C=O) groups is 2. The molecule has 0 unspecified atom stereocenters. The van der Waals surface area contributed by atoms with Gasteiger partial charge in [0, 0.05) is 13.6 Å². The standard InChI is InChI=1S/C22H28N2O3/c1-15-7-6-8-19(10-15)13-24(18(4)22(26)23-5)21(25)14-27-20-11-16(2)9-17(3)12-20/h6-12,18H,13-14H2,1-5H3,(H,23,26)/t18-/m1/s1. The lowest BCUT2D eigenvalue weighted by molar-refractivity contribution is -0.142. The Kier molecular flexibility index (Phi) is 6.99. The zero-order valence-corrected chi connectivity index (χ0v) is 16.7. The molecule has 2 amide bonds. The van der Waals surface area contributed by atoms with Gasteiger partial charge in [0.05, 0.1) is 0 Å². The summed E-state index contributed by atoms with van der Waals surface area (Å²) in [5.74, 6) is 0.220. The van der Waals surface area contributed by atoms with Crippen LogP contribution in [0.1, 0.15) is 29.2 Å². The lowest BCUT2D eigenvalue weighted by Crippen LogP contribution is -2.48. The zero-order chi connectivity index (χ0) is 20.0. The maximum Gasteiger partial charge on any atom is 0.261 e. The van der Waals surface area contributed by atoms with E-state index in [1.54, 1.807) is 18.9 Å². The summed E-state index contributed by atoms with van der Waals surface area (Å²) in [5.41, 5.74) is 4.24. The number of nitrogens with one attached hydrogen (secondary N) is 1. The second kappa shape index (κ2) is 9.21. The van der Waals surface area contributed by atoms with Gasteiger partial charge in [-0.1, -0.05) is 35.9 Å². The van der Waals surface area contributed by atoms with Crippen molar-refractivity contribution in [1.82, 2.24) is 10.2 Å². The monoisotopic (exact) mass is 368 g/mol. The van der Waals surface area contributed by atoms with Crippen molar-refractivity contribution in [3.8, 4) is 5.75 Å². The van der Waals surface area contributed by atoms with Gasteiger partial charge < -0.3 is 15.0 Å². The highest BCUT2D eigenvalue weighted by Gasteiger charge is 2.25. The molecule has 0 radical (unpaired) electrons. The van der Waals surface area contributed by atoms with Gasteiger partial charge in [0.2, 0.25) is 5.91 Å².